The van der Waals surface area contributed by atoms with Gasteiger partial charge in [-0.15, -0.1) is 0 Å². The van der Waals surface area contributed by atoms with Crippen LogP contribution >= 0.6 is 0 Å². The molecule has 1 aromatic rings. The van der Waals surface area contributed by atoms with Crippen molar-refractivity contribution in [1.29, 1.82) is 0 Å². The molecule has 0 saturated heterocycles. The Labute approximate surface area is 109 Å². The van der Waals surface area contributed by atoms with Gasteiger partial charge in [0.25, 0.3) is 0 Å². The highest BCUT2D eigenvalue weighted by molar-refractivity contribution is 5.19. The lowest BCUT2D eigenvalue weighted by Gasteiger charge is -2.21. The van der Waals surface area contributed by atoms with Crippen LogP contribution in [0.5, 0.6) is 0 Å². The maximum Gasteiger partial charge on any atom is 0.123 e. The van der Waals surface area contributed by atoms with Gasteiger partial charge in [0.05, 0.1) is 0 Å². The first-order chi connectivity index (χ1) is 8.67. The third kappa shape index (κ3) is 5.12. The molecule has 0 radical (unpaired) electrons. The van der Waals surface area contributed by atoms with Crippen LogP contribution in [0.4, 0.5) is 4.39 Å². The zero-order chi connectivity index (χ0) is 13.4. The SMILES string of the molecule is CNC(CCN(C)CCCO)c1ccc(F)cc1. The summed E-state index contributed by atoms with van der Waals surface area (Å²) in [7, 11) is 3.97. The largest absolute Gasteiger partial charge is 0.396 e. The van der Waals surface area contributed by atoms with Crippen molar-refractivity contribution in [2.45, 2.75) is 18.9 Å². The van der Waals surface area contributed by atoms with Crippen LogP contribution in [0.3, 0.4) is 0 Å². The predicted octanol–water partition coefficient (Wildman–Crippen LogP) is 1.79. The van der Waals surface area contributed by atoms with E-state index in [1.54, 1.807) is 0 Å². The van der Waals surface area contributed by atoms with Crippen molar-refractivity contribution in [2.24, 2.45) is 0 Å². The van der Waals surface area contributed by atoms with Crippen molar-refractivity contribution < 1.29 is 9.50 Å². The van der Waals surface area contributed by atoms with Gasteiger partial charge in [0.1, 0.15) is 5.82 Å². The molecule has 0 aliphatic heterocycles. The molecule has 0 heterocycles. The summed E-state index contributed by atoms with van der Waals surface area (Å²) in [5.41, 5.74) is 1.11. The molecule has 0 bridgehead atoms. The van der Waals surface area contributed by atoms with Crippen LogP contribution in [0.25, 0.3) is 0 Å². The average Bonchev–Trinajstić information content (AvgIpc) is 2.39. The minimum atomic E-state index is -0.200. The number of hydrogen-bond acceptors (Lipinski definition) is 3. The normalized spacial score (nSPS) is 12.9. The molecule has 0 aromatic heterocycles. The molecule has 18 heavy (non-hydrogen) atoms. The van der Waals surface area contributed by atoms with Crippen molar-refractivity contribution in [1.82, 2.24) is 10.2 Å². The molecule has 1 rings (SSSR count). The van der Waals surface area contributed by atoms with Gasteiger partial charge in [0.15, 0.2) is 0 Å². The molecule has 4 heteroatoms. The van der Waals surface area contributed by atoms with Crippen molar-refractivity contribution in [3.05, 3.63) is 35.6 Å². The maximum absolute atomic E-state index is 12.9. The molecule has 0 spiro atoms. The summed E-state index contributed by atoms with van der Waals surface area (Å²) >= 11 is 0. The van der Waals surface area contributed by atoms with E-state index in [9.17, 15) is 4.39 Å². The molecule has 0 saturated carbocycles. The molecule has 0 amide bonds. The summed E-state index contributed by atoms with van der Waals surface area (Å²) in [6.07, 6.45) is 1.77. The minimum absolute atomic E-state index is 0.200. The van der Waals surface area contributed by atoms with Crippen molar-refractivity contribution in [2.75, 3.05) is 33.8 Å². The summed E-state index contributed by atoms with van der Waals surface area (Å²) in [6, 6.07) is 6.88. The lowest BCUT2D eigenvalue weighted by Crippen LogP contribution is -2.26. The highest BCUT2D eigenvalue weighted by atomic mass is 19.1. The first-order valence-electron chi connectivity index (χ1n) is 6.39. The smallest absolute Gasteiger partial charge is 0.123 e. The van der Waals surface area contributed by atoms with Crippen molar-refractivity contribution in [3.8, 4) is 0 Å². The number of aliphatic hydroxyl groups is 1. The van der Waals surface area contributed by atoms with Gasteiger partial charge < -0.3 is 15.3 Å². The fourth-order valence-corrected chi connectivity index (χ4v) is 1.97. The molecule has 1 unspecified atom stereocenters. The van der Waals surface area contributed by atoms with Gasteiger partial charge >= 0.3 is 0 Å². The Morgan fingerprint density at radius 3 is 2.50 bits per heavy atom. The Kier molecular flexibility index (Phi) is 6.86. The standard InChI is InChI=1S/C14H23FN2O/c1-16-14(8-10-17(2)9-3-11-18)12-4-6-13(15)7-5-12/h4-7,14,16,18H,3,8-11H2,1-2H3. The monoisotopic (exact) mass is 254 g/mol. The second-order valence-corrected chi connectivity index (χ2v) is 4.56. The van der Waals surface area contributed by atoms with E-state index >= 15 is 0 Å². The van der Waals surface area contributed by atoms with Gasteiger partial charge in [0.2, 0.25) is 0 Å². The van der Waals surface area contributed by atoms with Crippen LogP contribution in [0.15, 0.2) is 24.3 Å². The van der Waals surface area contributed by atoms with Crippen LogP contribution in [0.2, 0.25) is 0 Å². The van der Waals surface area contributed by atoms with E-state index in [0.717, 1.165) is 31.5 Å². The zero-order valence-electron chi connectivity index (χ0n) is 11.2. The van der Waals surface area contributed by atoms with Gasteiger partial charge in [0, 0.05) is 19.2 Å². The summed E-state index contributed by atoms with van der Waals surface area (Å²) in [5, 5.41) is 12.0. The van der Waals surface area contributed by atoms with E-state index in [0.29, 0.717) is 0 Å². The topological polar surface area (TPSA) is 35.5 Å². The lowest BCUT2D eigenvalue weighted by molar-refractivity contribution is 0.242. The number of benzene rings is 1. The fourth-order valence-electron chi connectivity index (χ4n) is 1.97. The van der Waals surface area contributed by atoms with Gasteiger partial charge in [-0.3, -0.25) is 0 Å². The average molecular weight is 254 g/mol. The Bertz CT molecular complexity index is 329. The molecular weight excluding hydrogens is 231 g/mol. The third-order valence-electron chi connectivity index (χ3n) is 3.12. The molecule has 1 atom stereocenters. The molecule has 2 N–H and O–H groups in total. The van der Waals surface area contributed by atoms with E-state index in [1.165, 1.54) is 12.1 Å². The van der Waals surface area contributed by atoms with E-state index < -0.39 is 0 Å². The summed E-state index contributed by atoms with van der Waals surface area (Å²) in [5.74, 6) is -0.200. The zero-order valence-corrected chi connectivity index (χ0v) is 11.2. The molecule has 0 fully saturated rings. The van der Waals surface area contributed by atoms with Gasteiger partial charge in [-0.05, 0) is 51.2 Å². The van der Waals surface area contributed by atoms with Gasteiger partial charge in [-0.25, -0.2) is 4.39 Å². The molecule has 1 aromatic carbocycles. The Morgan fingerprint density at radius 1 is 1.28 bits per heavy atom. The Hall–Kier alpha value is -0.970. The maximum atomic E-state index is 12.9. The van der Waals surface area contributed by atoms with Crippen molar-refractivity contribution in [3.63, 3.8) is 0 Å². The van der Waals surface area contributed by atoms with Crippen LogP contribution in [-0.2, 0) is 0 Å². The molecular formula is C14H23FN2O. The van der Waals surface area contributed by atoms with Crippen molar-refractivity contribution >= 4 is 0 Å². The molecule has 0 aliphatic carbocycles. The first kappa shape index (κ1) is 15.1. The third-order valence-corrected chi connectivity index (χ3v) is 3.12. The van der Waals surface area contributed by atoms with Crippen LogP contribution in [0.1, 0.15) is 24.4 Å². The number of aliphatic hydroxyl groups excluding tert-OH is 1. The van der Waals surface area contributed by atoms with Crippen LogP contribution < -0.4 is 5.32 Å². The van der Waals surface area contributed by atoms with Crippen LogP contribution in [-0.4, -0.2) is 43.8 Å². The number of nitrogens with one attached hydrogen (secondary N) is 1. The van der Waals surface area contributed by atoms with E-state index in [1.807, 2.05) is 26.2 Å². The van der Waals surface area contributed by atoms with Crippen LogP contribution in [0, 0.1) is 5.82 Å². The quantitative estimate of drug-likeness (QED) is 0.742. The molecule has 0 aliphatic rings. The first-order valence-corrected chi connectivity index (χ1v) is 6.39. The number of hydrogen-bond donors (Lipinski definition) is 2. The molecule has 102 valence electrons. The summed E-state index contributed by atoms with van der Waals surface area (Å²) in [6.45, 7) is 2.08. The number of halogens is 1. The Morgan fingerprint density at radius 2 is 1.94 bits per heavy atom. The van der Waals surface area contributed by atoms with E-state index in [2.05, 4.69) is 10.2 Å². The highest BCUT2D eigenvalue weighted by Crippen LogP contribution is 2.17. The fraction of sp³-hybridized carbons (Fsp3) is 0.571. The number of rotatable bonds is 8. The second kappa shape index (κ2) is 8.19. The van der Waals surface area contributed by atoms with E-state index in [-0.39, 0.29) is 18.5 Å². The molecule has 3 nitrogen and oxygen atoms in total. The highest BCUT2D eigenvalue weighted by Gasteiger charge is 2.10. The predicted molar refractivity (Wildman–Crippen MR) is 72.0 cm³/mol. The number of nitrogens with zero attached hydrogens (tertiary/aromatic N) is 1. The Balaban J connectivity index is 2.44. The van der Waals surface area contributed by atoms with Gasteiger partial charge in [-0.1, -0.05) is 12.1 Å². The lowest BCUT2D eigenvalue weighted by atomic mass is 10.0. The van der Waals surface area contributed by atoms with Gasteiger partial charge in [-0.2, -0.15) is 0 Å². The second-order valence-electron chi connectivity index (χ2n) is 4.56. The van der Waals surface area contributed by atoms with E-state index in [4.69, 9.17) is 5.11 Å². The minimum Gasteiger partial charge on any atom is -0.396 e. The summed E-state index contributed by atoms with van der Waals surface area (Å²) < 4.78 is 12.9. The summed E-state index contributed by atoms with van der Waals surface area (Å²) in [4.78, 5) is 2.20.